The molecule has 132 valence electrons. The molecule has 1 atom stereocenters. The van der Waals surface area contributed by atoms with Crippen molar-refractivity contribution in [1.29, 1.82) is 0 Å². The van der Waals surface area contributed by atoms with Crippen LogP contribution in [0.2, 0.25) is 0 Å². The lowest BCUT2D eigenvalue weighted by Crippen LogP contribution is -2.41. The summed E-state index contributed by atoms with van der Waals surface area (Å²) in [5, 5.41) is 0. The van der Waals surface area contributed by atoms with E-state index in [0.717, 1.165) is 4.47 Å². The molecule has 1 aromatic heterocycles. The Balaban J connectivity index is 1.87. The van der Waals surface area contributed by atoms with E-state index >= 15 is 0 Å². The normalized spacial score (nSPS) is 20.4. The number of ketones is 1. The molecule has 0 saturated heterocycles. The highest BCUT2D eigenvalue weighted by Crippen LogP contribution is 2.43. The van der Waals surface area contributed by atoms with E-state index in [0.29, 0.717) is 41.9 Å². The van der Waals surface area contributed by atoms with Crippen LogP contribution in [-0.4, -0.2) is 16.7 Å². The number of carbonyl (C=O) groups is 2. The summed E-state index contributed by atoms with van der Waals surface area (Å²) in [5.74, 6) is -0.591. The Morgan fingerprint density at radius 3 is 2.65 bits per heavy atom. The number of Topliss-reactive ketones (excluding diaryl/α,β-unsaturated/α-hetero) is 1. The minimum Gasteiger partial charge on any atom is -0.294 e. The Morgan fingerprint density at radius 2 is 1.92 bits per heavy atom. The van der Waals surface area contributed by atoms with E-state index in [9.17, 15) is 14.0 Å². The van der Waals surface area contributed by atoms with Gasteiger partial charge in [0.1, 0.15) is 11.6 Å². The number of pyridine rings is 1. The van der Waals surface area contributed by atoms with Gasteiger partial charge in [-0.15, -0.1) is 0 Å². The van der Waals surface area contributed by atoms with E-state index in [4.69, 9.17) is 0 Å². The Kier molecular flexibility index (Phi) is 4.44. The number of carbonyl (C=O) groups excluding carboxylic acids is 2. The SMILES string of the molecule is O=C1CCCC2=C1C(c1ccccc1F)CC(=O)N2c1ccc(Br)cn1. The van der Waals surface area contributed by atoms with Crippen LogP contribution in [0.5, 0.6) is 0 Å². The Labute approximate surface area is 158 Å². The quantitative estimate of drug-likeness (QED) is 0.725. The van der Waals surface area contributed by atoms with E-state index in [-0.39, 0.29) is 23.9 Å². The average Bonchev–Trinajstić information content (AvgIpc) is 2.63. The lowest BCUT2D eigenvalue weighted by atomic mass is 9.77. The van der Waals surface area contributed by atoms with Crippen molar-refractivity contribution in [2.45, 2.75) is 31.6 Å². The van der Waals surface area contributed by atoms with Crippen molar-refractivity contribution in [3.05, 3.63) is 69.7 Å². The smallest absolute Gasteiger partial charge is 0.233 e. The fourth-order valence-electron chi connectivity index (χ4n) is 3.78. The van der Waals surface area contributed by atoms with E-state index in [1.54, 1.807) is 30.5 Å². The molecule has 0 spiro atoms. The molecule has 1 aliphatic heterocycles. The van der Waals surface area contributed by atoms with E-state index in [1.807, 2.05) is 6.07 Å². The van der Waals surface area contributed by atoms with E-state index in [1.165, 1.54) is 11.0 Å². The highest BCUT2D eigenvalue weighted by molar-refractivity contribution is 9.10. The molecule has 4 nitrogen and oxygen atoms in total. The lowest BCUT2D eigenvalue weighted by molar-refractivity contribution is -0.120. The highest BCUT2D eigenvalue weighted by atomic mass is 79.9. The van der Waals surface area contributed by atoms with E-state index in [2.05, 4.69) is 20.9 Å². The fraction of sp³-hybridized carbons (Fsp3) is 0.250. The first-order valence-electron chi connectivity index (χ1n) is 8.51. The number of hydrogen-bond donors (Lipinski definition) is 0. The minimum absolute atomic E-state index is 0.00545. The molecule has 1 aromatic carbocycles. The van der Waals surface area contributed by atoms with Gasteiger partial charge in [0, 0.05) is 40.7 Å². The fourth-order valence-corrected chi connectivity index (χ4v) is 4.02. The Bertz CT molecular complexity index is 924. The van der Waals surface area contributed by atoms with Crippen molar-refractivity contribution in [2.24, 2.45) is 0 Å². The first-order chi connectivity index (χ1) is 12.6. The second-order valence-corrected chi connectivity index (χ2v) is 7.39. The zero-order valence-corrected chi connectivity index (χ0v) is 15.5. The summed E-state index contributed by atoms with van der Waals surface area (Å²) in [6.45, 7) is 0. The molecule has 0 bridgehead atoms. The second kappa shape index (κ2) is 6.76. The molecule has 2 aromatic rings. The molecule has 0 N–H and O–H groups in total. The summed E-state index contributed by atoms with van der Waals surface area (Å²) >= 11 is 3.34. The third-order valence-electron chi connectivity index (χ3n) is 4.90. The van der Waals surface area contributed by atoms with Gasteiger partial charge in [0.05, 0.1) is 0 Å². The van der Waals surface area contributed by atoms with Crippen molar-refractivity contribution >= 4 is 33.4 Å². The Hall–Kier alpha value is -2.34. The van der Waals surface area contributed by atoms with Crippen LogP contribution in [0.15, 0.2) is 58.3 Å². The van der Waals surface area contributed by atoms with Gasteiger partial charge in [-0.05, 0) is 52.5 Å². The standard InChI is InChI=1S/C20H16BrFN2O2/c21-12-8-9-18(23-11-12)24-16-6-3-7-17(25)20(16)14(10-19(24)26)13-4-1-2-5-15(13)22/h1-2,4-5,8-9,11,14H,3,6-7,10H2. The van der Waals surface area contributed by atoms with E-state index < -0.39 is 5.92 Å². The molecule has 1 aliphatic carbocycles. The summed E-state index contributed by atoms with van der Waals surface area (Å²) in [6, 6.07) is 9.93. The molecule has 26 heavy (non-hydrogen) atoms. The third-order valence-corrected chi connectivity index (χ3v) is 5.37. The predicted octanol–water partition coefficient (Wildman–Crippen LogP) is 4.51. The van der Waals surface area contributed by atoms with Gasteiger partial charge < -0.3 is 0 Å². The van der Waals surface area contributed by atoms with Gasteiger partial charge in [-0.2, -0.15) is 0 Å². The number of anilines is 1. The maximum atomic E-state index is 14.4. The minimum atomic E-state index is -0.529. The average molecular weight is 415 g/mol. The molecule has 4 rings (SSSR count). The third kappa shape index (κ3) is 2.88. The molecule has 2 aliphatic rings. The molecule has 6 heteroatoms. The summed E-state index contributed by atoms with van der Waals surface area (Å²) in [7, 11) is 0. The van der Waals surface area contributed by atoms with Gasteiger partial charge in [0.25, 0.3) is 0 Å². The number of nitrogens with zero attached hydrogens (tertiary/aromatic N) is 2. The largest absolute Gasteiger partial charge is 0.294 e. The van der Waals surface area contributed by atoms with Crippen LogP contribution in [0.3, 0.4) is 0 Å². The van der Waals surface area contributed by atoms with Crippen molar-refractivity contribution in [1.82, 2.24) is 4.98 Å². The van der Waals surface area contributed by atoms with Crippen molar-refractivity contribution in [3.63, 3.8) is 0 Å². The van der Waals surface area contributed by atoms with Crippen LogP contribution in [0.1, 0.15) is 37.2 Å². The molecular formula is C20H16BrFN2O2. The summed E-state index contributed by atoms with van der Waals surface area (Å²) in [5.41, 5.74) is 1.64. The monoisotopic (exact) mass is 414 g/mol. The van der Waals surface area contributed by atoms with Gasteiger partial charge in [0.15, 0.2) is 5.78 Å². The molecule has 1 unspecified atom stereocenters. The zero-order chi connectivity index (χ0) is 18.3. The van der Waals surface area contributed by atoms with Gasteiger partial charge in [0.2, 0.25) is 5.91 Å². The van der Waals surface area contributed by atoms with Crippen LogP contribution in [0.4, 0.5) is 10.2 Å². The number of halogens is 2. The number of amides is 1. The van der Waals surface area contributed by atoms with Crippen molar-refractivity contribution < 1.29 is 14.0 Å². The number of aromatic nitrogens is 1. The van der Waals surface area contributed by atoms with Crippen LogP contribution in [-0.2, 0) is 9.59 Å². The predicted molar refractivity (Wildman–Crippen MR) is 99.1 cm³/mol. The van der Waals surface area contributed by atoms with Crippen LogP contribution in [0.25, 0.3) is 0 Å². The lowest BCUT2D eigenvalue weighted by Gasteiger charge is -2.37. The molecule has 1 amide bonds. The van der Waals surface area contributed by atoms with Crippen molar-refractivity contribution in [2.75, 3.05) is 4.90 Å². The number of rotatable bonds is 2. The maximum Gasteiger partial charge on any atom is 0.233 e. The van der Waals surface area contributed by atoms with Gasteiger partial charge >= 0.3 is 0 Å². The molecule has 2 heterocycles. The van der Waals surface area contributed by atoms with Crippen LogP contribution < -0.4 is 4.90 Å². The van der Waals surface area contributed by atoms with Gasteiger partial charge in [-0.25, -0.2) is 9.37 Å². The summed E-state index contributed by atoms with van der Waals surface area (Å²) in [6.07, 6.45) is 3.40. The second-order valence-electron chi connectivity index (χ2n) is 6.48. The zero-order valence-electron chi connectivity index (χ0n) is 13.9. The van der Waals surface area contributed by atoms with Gasteiger partial charge in [-0.3, -0.25) is 14.5 Å². The maximum absolute atomic E-state index is 14.4. The van der Waals surface area contributed by atoms with Crippen LogP contribution >= 0.6 is 15.9 Å². The molecule has 0 radical (unpaired) electrons. The topological polar surface area (TPSA) is 50.3 Å². The first kappa shape index (κ1) is 17.1. The summed E-state index contributed by atoms with van der Waals surface area (Å²) in [4.78, 5) is 31.5. The first-order valence-corrected chi connectivity index (χ1v) is 9.30. The summed E-state index contributed by atoms with van der Waals surface area (Å²) < 4.78 is 15.2. The highest BCUT2D eigenvalue weighted by Gasteiger charge is 2.40. The van der Waals surface area contributed by atoms with Crippen molar-refractivity contribution in [3.8, 4) is 0 Å². The number of benzene rings is 1. The number of allylic oxidation sites excluding steroid dienone is 2. The van der Waals surface area contributed by atoms with Gasteiger partial charge in [-0.1, -0.05) is 18.2 Å². The number of hydrogen-bond acceptors (Lipinski definition) is 3. The molecule has 0 fully saturated rings. The van der Waals surface area contributed by atoms with Crippen LogP contribution in [0, 0.1) is 5.82 Å². The molecule has 0 saturated carbocycles. The Morgan fingerprint density at radius 1 is 1.12 bits per heavy atom. The molecular weight excluding hydrogens is 399 g/mol.